The summed E-state index contributed by atoms with van der Waals surface area (Å²) in [5, 5.41) is 9.23. The molecule has 2 rings (SSSR count). The molecule has 7 heteroatoms. The minimum atomic E-state index is -4.38. The molecule has 0 saturated carbocycles. The SMILES string of the molecule is CC(CC(=O)N1CCC[C@H](C(=O)O)[C@@H]1C)c1ccc(C(F)(F)F)cc1. The number of piperidine rings is 1. The minimum absolute atomic E-state index is 0.141. The van der Waals surface area contributed by atoms with Crippen LogP contribution in [0.15, 0.2) is 24.3 Å². The van der Waals surface area contributed by atoms with Crippen LogP contribution in [-0.4, -0.2) is 34.5 Å². The van der Waals surface area contributed by atoms with Gasteiger partial charge < -0.3 is 10.0 Å². The van der Waals surface area contributed by atoms with Crippen molar-refractivity contribution in [2.75, 3.05) is 6.54 Å². The van der Waals surface area contributed by atoms with Crippen LogP contribution in [0.3, 0.4) is 0 Å². The number of aliphatic carboxylic acids is 1. The lowest BCUT2D eigenvalue weighted by molar-refractivity contribution is -0.149. The van der Waals surface area contributed by atoms with Gasteiger partial charge in [0.1, 0.15) is 0 Å². The average molecular weight is 357 g/mol. The van der Waals surface area contributed by atoms with Crippen molar-refractivity contribution in [1.29, 1.82) is 0 Å². The predicted octanol–water partition coefficient (Wildman–Crippen LogP) is 3.91. The summed E-state index contributed by atoms with van der Waals surface area (Å²) >= 11 is 0. The van der Waals surface area contributed by atoms with E-state index in [1.165, 1.54) is 12.1 Å². The van der Waals surface area contributed by atoms with E-state index in [4.69, 9.17) is 0 Å². The van der Waals surface area contributed by atoms with Crippen molar-refractivity contribution < 1.29 is 27.9 Å². The number of rotatable bonds is 4. The number of benzene rings is 1. The maximum atomic E-state index is 12.6. The van der Waals surface area contributed by atoms with Crippen molar-refractivity contribution in [1.82, 2.24) is 4.90 Å². The van der Waals surface area contributed by atoms with E-state index in [0.29, 0.717) is 24.9 Å². The maximum absolute atomic E-state index is 12.6. The maximum Gasteiger partial charge on any atom is 0.416 e. The lowest BCUT2D eigenvalue weighted by atomic mass is 9.89. The van der Waals surface area contributed by atoms with E-state index in [1.807, 2.05) is 0 Å². The van der Waals surface area contributed by atoms with Gasteiger partial charge >= 0.3 is 12.1 Å². The molecule has 1 N–H and O–H groups in total. The van der Waals surface area contributed by atoms with E-state index < -0.39 is 23.6 Å². The van der Waals surface area contributed by atoms with Gasteiger partial charge in [-0.15, -0.1) is 0 Å². The number of amides is 1. The van der Waals surface area contributed by atoms with Crippen LogP contribution in [0.5, 0.6) is 0 Å². The highest BCUT2D eigenvalue weighted by molar-refractivity contribution is 5.79. The Labute approximate surface area is 144 Å². The van der Waals surface area contributed by atoms with Crippen molar-refractivity contribution in [3.8, 4) is 0 Å². The molecule has 138 valence electrons. The number of carbonyl (C=O) groups is 2. The highest BCUT2D eigenvalue weighted by Crippen LogP contribution is 2.31. The molecule has 1 amide bonds. The number of carbonyl (C=O) groups excluding carboxylic acids is 1. The van der Waals surface area contributed by atoms with Crippen LogP contribution in [0.25, 0.3) is 0 Å². The second-order valence-corrected chi connectivity index (χ2v) is 6.64. The lowest BCUT2D eigenvalue weighted by Gasteiger charge is -2.38. The Morgan fingerprint density at radius 2 is 1.88 bits per heavy atom. The van der Waals surface area contributed by atoms with E-state index >= 15 is 0 Å². The van der Waals surface area contributed by atoms with Gasteiger partial charge in [0.2, 0.25) is 5.91 Å². The van der Waals surface area contributed by atoms with Gasteiger partial charge in [0.05, 0.1) is 11.5 Å². The molecule has 1 aromatic carbocycles. The summed E-state index contributed by atoms with van der Waals surface area (Å²) in [7, 11) is 0. The van der Waals surface area contributed by atoms with Gasteiger partial charge in [-0.2, -0.15) is 13.2 Å². The molecule has 0 aliphatic carbocycles. The Balaban J connectivity index is 2.03. The number of nitrogens with zero attached hydrogens (tertiary/aromatic N) is 1. The molecule has 1 heterocycles. The fraction of sp³-hybridized carbons (Fsp3) is 0.556. The van der Waals surface area contributed by atoms with Crippen LogP contribution < -0.4 is 0 Å². The van der Waals surface area contributed by atoms with Gasteiger partial charge in [0.15, 0.2) is 0 Å². The zero-order valence-corrected chi connectivity index (χ0v) is 14.2. The van der Waals surface area contributed by atoms with Crippen LogP contribution >= 0.6 is 0 Å². The molecular weight excluding hydrogens is 335 g/mol. The first-order valence-corrected chi connectivity index (χ1v) is 8.30. The molecule has 1 saturated heterocycles. The fourth-order valence-corrected chi connectivity index (χ4v) is 3.32. The number of alkyl halides is 3. The zero-order valence-electron chi connectivity index (χ0n) is 14.2. The normalized spacial score (nSPS) is 22.5. The smallest absolute Gasteiger partial charge is 0.416 e. The predicted molar refractivity (Wildman–Crippen MR) is 86.0 cm³/mol. The molecule has 1 unspecified atom stereocenters. The molecule has 1 aliphatic rings. The number of carboxylic acid groups (broad SMARTS) is 1. The number of carboxylic acids is 1. The van der Waals surface area contributed by atoms with Crippen LogP contribution in [0.4, 0.5) is 13.2 Å². The third-order valence-corrected chi connectivity index (χ3v) is 4.91. The molecule has 1 aromatic rings. The molecule has 0 aromatic heterocycles. The molecule has 4 nitrogen and oxygen atoms in total. The third-order valence-electron chi connectivity index (χ3n) is 4.91. The Morgan fingerprint density at radius 3 is 2.40 bits per heavy atom. The molecule has 1 fully saturated rings. The fourth-order valence-electron chi connectivity index (χ4n) is 3.32. The topological polar surface area (TPSA) is 57.6 Å². The number of likely N-dealkylation sites (tertiary alicyclic amines) is 1. The molecule has 0 radical (unpaired) electrons. The zero-order chi connectivity index (χ0) is 18.8. The van der Waals surface area contributed by atoms with E-state index in [9.17, 15) is 27.9 Å². The van der Waals surface area contributed by atoms with Gasteiger partial charge in [0.25, 0.3) is 0 Å². The van der Waals surface area contributed by atoms with E-state index in [2.05, 4.69) is 0 Å². The summed E-state index contributed by atoms with van der Waals surface area (Å²) < 4.78 is 37.8. The van der Waals surface area contributed by atoms with Crippen molar-refractivity contribution in [3.05, 3.63) is 35.4 Å². The van der Waals surface area contributed by atoms with Crippen LogP contribution in [-0.2, 0) is 15.8 Å². The second-order valence-electron chi connectivity index (χ2n) is 6.64. The molecule has 3 atom stereocenters. The number of halogens is 3. The standard InChI is InChI=1S/C18H22F3NO3/c1-11(13-5-7-14(8-6-13)18(19,20)21)10-16(23)22-9-3-4-15(12(22)2)17(24)25/h5-8,11-12,15H,3-4,9-10H2,1-2H3,(H,24,25)/t11?,12-,15-/m0/s1. The summed E-state index contributed by atoms with van der Waals surface area (Å²) in [5.74, 6) is -1.88. The van der Waals surface area contributed by atoms with E-state index in [0.717, 1.165) is 12.1 Å². The van der Waals surface area contributed by atoms with Crippen molar-refractivity contribution in [2.45, 2.75) is 51.2 Å². The van der Waals surface area contributed by atoms with Crippen molar-refractivity contribution in [2.24, 2.45) is 5.92 Å². The van der Waals surface area contributed by atoms with Crippen LogP contribution in [0.1, 0.15) is 50.2 Å². The highest BCUT2D eigenvalue weighted by Gasteiger charge is 2.35. The van der Waals surface area contributed by atoms with Crippen LogP contribution in [0, 0.1) is 5.92 Å². The largest absolute Gasteiger partial charge is 0.481 e. The van der Waals surface area contributed by atoms with Crippen LogP contribution in [0.2, 0.25) is 0 Å². The first kappa shape index (κ1) is 19.3. The van der Waals surface area contributed by atoms with Gasteiger partial charge in [0, 0.05) is 19.0 Å². The number of hydrogen-bond donors (Lipinski definition) is 1. The summed E-state index contributed by atoms with van der Waals surface area (Å²) in [5.41, 5.74) is -0.0653. The molecule has 1 aliphatic heterocycles. The van der Waals surface area contributed by atoms with Gasteiger partial charge in [-0.1, -0.05) is 19.1 Å². The van der Waals surface area contributed by atoms with Gasteiger partial charge in [-0.05, 0) is 43.4 Å². The minimum Gasteiger partial charge on any atom is -0.481 e. The van der Waals surface area contributed by atoms with Gasteiger partial charge in [-0.3, -0.25) is 9.59 Å². The first-order chi connectivity index (χ1) is 11.6. The highest BCUT2D eigenvalue weighted by atomic mass is 19.4. The summed E-state index contributed by atoms with van der Waals surface area (Å²) in [6, 6.07) is 4.43. The second kappa shape index (κ2) is 7.45. The van der Waals surface area contributed by atoms with Crippen molar-refractivity contribution in [3.63, 3.8) is 0 Å². The quantitative estimate of drug-likeness (QED) is 0.889. The monoisotopic (exact) mass is 357 g/mol. The Hall–Kier alpha value is -2.05. The Kier molecular flexibility index (Phi) is 5.75. The molecule has 0 bridgehead atoms. The molecular formula is C18H22F3NO3. The molecule has 25 heavy (non-hydrogen) atoms. The third kappa shape index (κ3) is 4.52. The average Bonchev–Trinajstić information content (AvgIpc) is 2.53. The summed E-state index contributed by atoms with van der Waals surface area (Å²) in [4.78, 5) is 25.4. The Bertz CT molecular complexity index is 627. The summed E-state index contributed by atoms with van der Waals surface area (Å²) in [6.07, 6.45) is -3.05. The summed E-state index contributed by atoms with van der Waals surface area (Å²) in [6.45, 7) is 4.03. The van der Waals surface area contributed by atoms with E-state index in [-0.39, 0.29) is 24.3 Å². The van der Waals surface area contributed by atoms with E-state index in [1.54, 1.807) is 18.7 Å². The van der Waals surface area contributed by atoms with Crippen molar-refractivity contribution >= 4 is 11.9 Å². The lowest BCUT2D eigenvalue weighted by Crippen LogP contribution is -2.49. The Morgan fingerprint density at radius 1 is 1.28 bits per heavy atom. The first-order valence-electron chi connectivity index (χ1n) is 8.30. The number of hydrogen-bond acceptors (Lipinski definition) is 2. The molecule has 0 spiro atoms. The van der Waals surface area contributed by atoms with Gasteiger partial charge in [-0.25, -0.2) is 0 Å².